The predicted octanol–water partition coefficient (Wildman–Crippen LogP) is 2.51. The van der Waals surface area contributed by atoms with Gasteiger partial charge in [0.25, 0.3) is 10.0 Å². The van der Waals surface area contributed by atoms with Gasteiger partial charge in [-0.1, -0.05) is 18.2 Å². The number of hydrogen-bond donors (Lipinski definition) is 1. The molecular weight excluding hydrogens is 358 g/mol. The zero-order chi connectivity index (χ0) is 19.3. The van der Waals surface area contributed by atoms with Crippen LogP contribution >= 0.6 is 0 Å². The molecule has 0 unspecified atom stereocenters. The summed E-state index contributed by atoms with van der Waals surface area (Å²) in [5.41, 5.74) is 1.32. The molecule has 0 aliphatic carbocycles. The number of esters is 2. The van der Waals surface area contributed by atoms with Gasteiger partial charge in [0.15, 0.2) is 6.10 Å². The Morgan fingerprint density at radius 3 is 2.42 bits per heavy atom. The van der Waals surface area contributed by atoms with Crippen LogP contribution in [0.25, 0.3) is 0 Å². The Bertz CT molecular complexity index is 923. The maximum absolute atomic E-state index is 12.5. The van der Waals surface area contributed by atoms with Crippen molar-refractivity contribution in [3.05, 3.63) is 59.7 Å². The van der Waals surface area contributed by atoms with E-state index in [0.29, 0.717) is 5.69 Å². The molecule has 0 aromatic heterocycles. The lowest BCUT2D eigenvalue weighted by atomic mass is 10.2. The number of anilines is 1. The van der Waals surface area contributed by atoms with Crippen molar-refractivity contribution < 1.29 is 27.5 Å². The number of ether oxygens (including phenoxy) is 2. The van der Waals surface area contributed by atoms with Crippen LogP contribution in [0.4, 0.5) is 5.69 Å². The van der Waals surface area contributed by atoms with Crippen molar-refractivity contribution in [1.29, 1.82) is 0 Å². The third-order valence-electron chi connectivity index (χ3n) is 3.47. The average Bonchev–Trinajstić information content (AvgIpc) is 2.60. The number of carbonyl (C=O) groups is 2. The van der Waals surface area contributed by atoms with Crippen molar-refractivity contribution in [2.75, 3.05) is 11.8 Å². The number of methoxy groups -OCH3 is 1. The van der Waals surface area contributed by atoms with E-state index >= 15 is 0 Å². The first kappa shape index (κ1) is 19.5. The van der Waals surface area contributed by atoms with Gasteiger partial charge in [-0.3, -0.25) is 4.72 Å². The summed E-state index contributed by atoms with van der Waals surface area (Å²) in [5.74, 6) is -1.53. The third kappa shape index (κ3) is 4.82. The summed E-state index contributed by atoms with van der Waals surface area (Å²) in [6.45, 7) is 3.21. The summed E-state index contributed by atoms with van der Waals surface area (Å²) in [6.07, 6.45) is -1.10. The van der Waals surface area contributed by atoms with E-state index in [1.54, 1.807) is 18.2 Å². The Balaban J connectivity index is 2.22. The van der Waals surface area contributed by atoms with Crippen LogP contribution in [0.2, 0.25) is 0 Å². The molecule has 1 atom stereocenters. The fourth-order valence-corrected chi connectivity index (χ4v) is 3.25. The molecule has 2 rings (SSSR count). The van der Waals surface area contributed by atoms with Crippen LogP contribution in [0.1, 0.15) is 22.8 Å². The van der Waals surface area contributed by atoms with Crippen molar-refractivity contribution in [2.24, 2.45) is 0 Å². The first-order valence-electron chi connectivity index (χ1n) is 7.71. The third-order valence-corrected chi connectivity index (χ3v) is 4.85. The minimum absolute atomic E-state index is 0.00729. The zero-order valence-electron chi connectivity index (χ0n) is 14.6. The smallest absolute Gasteiger partial charge is 0.346 e. The predicted molar refractivity (Wildman–Crippen MR) is 95.3 cm³/mol. The van der Waals surface area contributed by atoms with Gasteiger partial charge in [-0.2, -0.15) is 0 Å². The lowest BCUT2D eigenvalue weighted by Gasteiger charge is -2.12. The monoisotopic (exact) mass is 377 g/mol. The second kappa shape index (κ2) is 8.01. The highest BCUT2D eigenvalue weighted by Crippen LogP contribution is 2.18. The second-order valence-corrected chi connectivity index (χ2v) is 7.26. The minimum atomic E-state index is -3.88. The van der Waals surface area contributed by atoms with E-state index in [-0.39, 0.29) is 10.5 Å². The van der Waals surface area contributed by atoms with Crippen molar-refractivity contribution >= 4 is 27.6 Å². The molecule has 26 heavy (non-hydrogen) atoms. The van der Waals surface area contributed by atoms with Gasteiger partial charge in [0.1, 0.15) is 0 Å². The molecule has 138 valence electrons. The van der Waals surface area contributed by atoms with E-state index in [1.165, 1.54) is 38.3 Å². The highest BCUT2D eigenvalue weighted by atomic mass is 32.2. The molecule has 0 radical (unpaired) electrons. The first-order valence-corrected chi connectivity index (χ1v) is 9.19. The molecule has 0 saturated heterocycles. The maximum atomic E-state index is 12.5. The van der Waals surface area contributed by atoms with Crippen LogP contribution in [0.3, 0.4) is 0 Å². The van der Waals surface area contributed by atoms with Gasteiger partial charge in [0.2, 0.25) is 0 Å². The summed E-state index contributed by atoms with van der Waals surface area (Å²) in [4.78, 5) is 23.3. The van der Waals surface area contributed by atoms with Crippen LogP contribution in [0, 0.1) is 6.92 Å². The molecule has 0 bridgehead atoms. The van der Waals surface area contributed by atoms with E-state index < -0.39 is 28.1 Å². The number of sulfonamides is 1. The standard InChI is InChI=1S/C18H19NO6S/c1-12-6-4-8-15(10-12)19-26(22,23)16-9-5-7-14(11-16)18(21)25-13(2)17(20)24-3/h4-11,13,19H,1-3H3/t13-/m0/s1. The minimum Gasteiger partial charge on any atom is -0.466 e. The first-order chi connectivity index (χ1) is 12.2. The van der Waals surface area contributed by atoms with Crippen molar-refractivity contribution in [3.8, 4) is 0 Å². The second-order valence-electron chi connectivity index (χ2n) is 5.57. The van der Waals surface area contributed by atoms with E-state index in [9.17, 15) is 18.0 Å². The molecule has 0 saturated carbocycles. The molecule has 8 heteroatoms. The lowest BCUT2D eigenvalue weighted by molar-refractivity contribution is -0.149. The van der Waals surface area contributed by atoms with E-state index in [2.05, 4.69) is 9.46 Å². The summed E-state index contributed by atoms with van der Waals surface area (Å²) in [7, 11) is -2.71. The molecule has 0 amide bonds. The van der Waals surface area contributed by atoms with Gasteiger partial charge in [-0.15, -0.1) is 0 Å². The average molecular weight is 377 g/mol. The summed E-state index contributed by atoms with van der Waals surface area (Å²) in [5, 5.41) is 0. The maximum Gasteiger partial charge on any atom is 0.346 e. The van der Waals surface area contributed by atoms with Crippen LogP contribution in [0.15, 0.2) is 53.4 Å². The molecule has 0 heterocycles. The quantitative estimate of drug-likeness (QED) is 0.777. The van der Waals surface area contributed by atoms with E-state index in [4.69, 9.17) is 4.74 Å². The Morgan fingerprint density at radius 1 is 1.08 bits per heavy atom. The Kier molecular flexibility index (Phi) is 5.99. The molecule has 2 aromatic rings. The topological polar surface area (TPSA) is 98.8 Å². The number of rotatable bonds is 6. The normalized spacial score (nSPS) is 12.1. The van der Waals surface area contributed by atoms with Gasteiger partial charge in [0.05, 0.1) is 17.6 Å². The van der Waals surface area contributed by atoms with Crippen LogP contribution in [-0.2, 0) is 24.3 Å². The Labute approximate surface area is 152 Å². The molecule has 1 N–H and O–H groups in total. The fourth-order valence-electron chi connectivity index (χ4n) is 2.16. The zero-order valence-corrected chi connectivity index (χ0v) is 15.4. The largest absolute Gasteiger partial charge is 0.466 e. The number of aryl methyl sites for hydroxylation is 1. The van der Waals surface area contributed by atoms with E-state index in [0.717, 1.165) is 5.56 Å². The molecule has 0 aliphatic rings. The SMILES string of the molecule is COC(=O)[C@H](C)OC(=O)c1cccc(S(=O)(=O)Nc2cccc(C)c2)c1. The number of hydrogen-bond acceptors (Lipinski definition) is 6. The molecule has 2 aromatic carbocycles. The molecule has 7 nitrogen and oxygen atoms in total. The van der Waals surface area contributed by atoms with Crippen LogP contribution in [0.5, 0.6) is 0 Å². The van der Waals surface area contributed by atoms with Crippen molar-refractivity contribution in [3.63, 3.8) is 0 Å². The Morgan fingerprint density at radius 2 is 1.77 bits per heavy atom. The highest BCUT2D eigenvalue weighted by Gasteiger charge is 2.21. The highest BCUT2D eigenvalue weighted by molar-refractivity contribution is 7.92. The summed E-state index contributed by atoms with van der Waals surface area (Å²) in [6, 6.07) is 12.3. The summed E-state index contributed by atoms with van der Waals surface area (Å²) < 4.78 is 37.0. The fraction of sp³-hybridized carbons (Fsp3) is 0.222. The lowest BCUT2D eigenvalue weighted by Crippen LogP contribution is -2.25. The van der Waals surface area contributed by atoms with Gasteiger partial charge in [0, 0.05) is 5.69 Å². The molecule has 0 aliphatic heterocycles. The van der Waals surface area contributed by atoms with Crippen LogP contribution < -0.4 is 4.72 Å². The molecular formula is C18H19NO6S. The van der Waals surface area contributed by atoms with Gasteiger partial charge in [-0.05, 0) is 49.7 Å². The van der Waals surface area contributed by atoms with Gasteiger partial charge < -0.3 is 9.47 Å². The molecule has 0 fully saturated rings. The number of nitrogens with one attached hydrogen (secondary N) is 1. The van der Waals surface area contributed by atoms with Crippen molar-refractivity contribution in [2.45, 2.75) is 24.8 Å². The summed E-state index contributed by atoms with van der Waals surface area (Å²) >= 11 is 0. The number of benzene rings is 2. The van der Waals surface area contributed by atoms with Crippen LogP contribution in [-0.4, -0.2) is 33.6 Å². The number of carbonyl (C=O) groups excluding carboxylic acids is 2. The van der Waals surface area contributed by atoms with E-state index in [1.807, 2.05) is 13.0 Å². The Hall–Kier alpha value is -2.87. The van der Waals surface area contributed by atoms with Crippen molar-refractivity contribution in [1.82, 2.24) is 0 Å². The van der Waals surface area contributed by atoms with Gasteiger partial charge >= 0.3 is 11.9 Å². The molecule has 0 spiro atoms. The van der Waals surface area contributed by atoms with Gasteiger partial charge in [-0.25, -0.2) is 18.0 Å².